The Morgan fingerprint density at radius 2 is 1.03 bits per heavy atom. The number of carboxylic acids is 2. The molecule has 21 heteroatoms. The number of carbonyl (C=O) groups is 8. The summed E-state index contributed by atoms with van der Waals surface area (Å²) in [4.78, 5) is 91.8. The minimum absolute atomic E-state index is 0. The number of nitrogens with two attached hydrogens (primary N) is 1. The molecule has 3 amide bonds. The predicted molar refractivity (Wildman–Crippen MR) is 223 cm³/mol. The molecule has 3 aromatic rings. The van der Waals surface area contributed by atoms with Gasteiger partial charge in [0.25, 0.3) is 0 Å². The first-order valence-corrected chi connectivity index (χ1v) is 20.4. The van der Waals surface area contributed by atoms with Gasteiger partial charge in [-0.25, -0.2) is 4.90 Å². The minimum Gasteiger partial charge on any atom is -0.550 e. The van der Waals surface area contributed by atoms with Gasteiger partial charge < -0.3 is 60.0 Å². The van der Waals surface area contributed by atoms with Gasteiger partial charge >= 0.3 is 53.4 Å². The van der Waals surface area contributed by atoms with Crippen LogP contribution in [0.5, 0.6) is 17.2 Å². The van der Waals surface area contributed by atoms with Gasteiger partial charge in [0.15, 0.2) is 0 Å². The first-order chi connectivity index (χ1) is 31.4. The van der Waals surface area contributed by atoms with E-state index in [1.807, 2.05) is 24.3 Å². The summed E-state index contributed by atoms with van der Waals surface area (Å²) in [5.41, 5.74) is 6.97. The number of nitrogens with zero attached hydrogens (tertiary/aromatic N) is 1. The van der Waals surface area contributed by atoms with Crippen molar-refractivity contribution in [3.8, 4) is 17.2 Å². The molecule has 5 fully saturated rings. The Bertz CT molecular complexity index is 2430. The van der Waals surface area contributed by atoms with Crippen molar-refractivity contribution in [3.05, 3.63) is 109 Å². The summed E-state index contributed by atoms with van der Waals surface area (Å²) in [6, 6.07) is 18.7. The number of esters is 3. The molecule has 0 radical (unpaired) electrons. The van der Waals surface area contributed by atoms with E-state index in [1.54, 1.807) is 72.8 Å². The minimum atomic E-state index is -1.08. The Morgan fingerprint density at radius 3 is 1.46 bits per heavy atom. The fraction of sp³-hybridized carbons (Fsp3) is 0.304. The van der Waals surface area contributed by atoms with Crippen LogP contribution in [-0.4, -0.2) is 99.5 Å². The Balaban J connectivity index is 0.000000150. The second-order valence-corrected chi connectivity index (χ2v) is 15.8. The molecule has 8 aliphatic heterocycles. The number of carboxylic acid groups (broad SMARTS) is 2. The number of rotatable bonds is 5. The number of aliphatic carboxylic acids is 2. The number of ether oxygens (including phenoxy) is 5. The van der Waals surface area contributed by atoms with Gasteiger partial charge in [-0.3, -0.25) is 33.6 Å². The van der Waals surface area contributed by atoms with Gasteiger partial charge in [-0.15, -0.1) is 0 Å². The number of hydrogen-bond acceptors (Lipinski definition) is 17. The predicted octanol–water partition coefficient (Wildman–Crippen LogP) is -1.59. The number of imide groups is 1. The summed E-state index contributed by atoms with van der Waals surface area (Å²) in [5, 5.41) is 38.7. The quantitative estimate of drug-likeness (QED) is 0.0282. The Kier molecular flexibility index (Phi) is 15.5. The molecular weight excluding hydrogens is 889 g/mol. The van der Waals surface area contributed by atoms with Crippen LogP contribution in [0, 0.1) is 35.5 Å². The van der Waals surface area contributed by atoms with E-state index in [0.29, 0.717) is 22.8 Å². The fourth-order valence-electron chi connectivity index (χ4n) is 8.65. The van der Waals surface area contributed by atoms with Crippen molar-refractivity contribution in [2.75, 3.05) is 16.0 Å². The van der Waals surface area contributed by atoms with Crippen LogP contribution in [0.4, 0.5) is 17.1 Å². The molecule has 11 rings (SSSR count). The second-order valence-electron chi connectivity index (χ2n) is 15.8. The van der Waals surface area contributed by atoms with Crippen LogP contribution in [0.3, 0.4) is 0 Å². The standard InChI is InChI=1S/C16H13NO5.C14H13NO5.C8H6O4.C6H7NO.C2H4O2.Na/c1-8(18)21-10-4-2-9(3-5-10)17-15(19)13-11-6-7-12(22-11)14(13)16(17)20;16-8-3-1-7(2-4-8)15-13(17)11-9-5-6-10(20-9)12(11)14(18)19;9-7-5-3-1-2-4(11-3)6(5)8(10)12-7;7-5-1-3-6(8)4-2-5;1-2(3)4;/h2-7,11-14H,1H3;1-6,9-12,16H,(H,15,17)(H,18,19);1-6H;1-4,8H,7H2;1H3,(H,3,4);/q;;;;;+1/p-1. The molecule has 0 spiro atoms. The van der Waals surface area contributed by atoms with Gasteiger partial charge in [-0.1, -0.05) is 36.5 Å². The maximum absolute atomic E-state index is 12.6. The summed E-state index contributed by atoms with van der Waals surface area (Å²) < 4.78 is 25.8. The average Bonchev–Trinajstić information content (AvgIpc) is 4.15. The molecule has 0 saturated carbocycles. The van der Waals surface area contributed by atoms with Crippen LogP contribution in [0.15, 0.2) is 109 Å². The van der Waals surface area contributed by atoms with Crippen LogP contribution in [0.25, 0.3) is 0 Å². The zero-order chi connectivity index (χ0) is 47.6. The molecule has 67 heavy (non-hydrogen) atoms. The van der Waals surface area contributed by atoms with Crippen LogP contribution in [0.2, 0.25) is 0 Å². The normalized spacial score (nSPS) is 29.6. The fourth-order valence-corrected chi connectivity index (χ4v) is 8.65. The number of phenols is 2. The van der Waals surface area contributed by atoms with E-state index in [0.717, 1.165) is 6.92 Å². The van der Waals surface area contributed by atoms with E-state index in [9.17, 15) is 43.8 Å². The molecule has 344 valence electrons. The number of phenolic OH excluding ortho intramolecular Hbond substituents is 2. The second kappa shape index (κ2) is 20.9. The summed E-state index contributed by atoms with van der Waals surface area (Å²) in [5.74, 6) is -6.70. The average molecular weight is 932 g/mol. The third-order valence-corrected chi connectivity index (χ3v) is 11.4. The molecule has 3 aromatic carbocycles. The summed E-state index contributed by atoms with van der Waals surface area (Å²) in [6.07, 6.45) is 8.71. The molecule has 0 aliphatic carbocycles. The number of cyclic esters (lactones) is 2. The van der Waals surface area contributed by atoms with Gasteiger partial charge in [0, 0.05) is 24.3 Å². The number of carbonyl (C=O) groups excluding carboxylic acids is 7. The van der Waals surface area contributed by atoms with E-state index < -0.39 is 65.7 Å². The molecule has 20 nitrogen and oxygen atoms in total. The Hall–Kier alpha value is -6.68. The van der Waals surface area contributed by atoms with E-state index in [-0.39, 0.29) is 95.0 Å². The van der Waals surface area contributed by atoms with Crippen molar-refractivity contribution < 1.29 is 112 Å². The number of nitrogen functional groups attached to an aromatic ring is 1. The third kappa shape index (κ3) is 10.8. The molecule has 12 atom stereocenters. The number of hydrogen-bond donors (Lipinski definition) is 5. The molecule has 6 N–H and O–H groups in total. The van der Waals surface area contributed by atoms with E-state index in [4.69, 9.17) is 39.7 Å². The molecule has 8 heterocycles. The first kappa shape index (κ1) is 49.7. The molecule has 5 saturated heterocycles. The van der Waals surface area contributed by atoms with Gasteiger partial charge in [0.1, 0.15) is 35.0 Å². The summed E-state index contributed by atoms with van der Waals surface area (Å²) >= 11 is 0. The molecule has 6 bridgehead atoms. The van der Waals surface area contributed by atoms with Gasteiger partial charge in [0.05, 0.1) is 60.1 Å². The van der Waals surface area contributed by atoms with Crippen molar-refractivity contribution in [3.63, 3.8) is 0 Å². The molecule has 12 unspecified atom stereocenters. The van der Waals surface area contributed by atoms with Crippen molar-refractivity contribution in [1.29, 1.82) is 0 Å². The van der Waals surface area contributed by atoms with Crippen LogP contribution in [0.1, 0.15) is 13.8 Å². The van der Waals surface area contributed by atoms with E-state index in [1.165, 1.54) is 24.0 Å². The van der Waals surface area contributed by atoms with Crippen molar-refractivity contribution >= 4 is 64.6 Å². The van der Waals surface area contributed by atoms with E-state index in [2.05, 4.69) is 10.1 Å². The van der Waals surface area contributed by atoms with E-state index >= 15 is 0 Å². The summed E-state index contributed by atoms with van der Waals surface area (Å²) in [6.45, 7) is 2.28. The number of benzene rings is 3. The number of aromatic hydroxyl groups is 2. The Labute approximate surface area is 403 Å². The SMILES string of the molecule is CC(=O)Oc1ccc(N2C(=O)C3C4C=CC(O4)C3C2=O)cc1.CC(=O)[O-].Nc1ccc(O)cc1.O=C(O)C1C2C=CC(O2)C1C(=O)Nc1ccc(O)cc1.O=C1OC(=O)C2C3C=CC(O3)C12.[Na+]. The largest absolute Gasteiger partial charge is 1.00 e. The van der Waals surface area contributed by atoms with Crippen LogP contribution >= 0.6 is 0 Å². The topological polar surface area (TPSA) is 308 Å². The maximum Gasteiger partial charge on any atom is 1.00 e. The zero-order valence-corrected chi connectivity index (χ0v) is 37.9. The van der Waals surface area contributed by atoms with Gasteiger partial charge in [-0.05, 0) is 79.7 Å². The number of nitrogens with one attached hydrogen (secondary N) is 1. The van der Waals surface area contributed by atoms with Crippen LogP contribution < -0.4 is 55.4 Å². The summed E-state index contributed by atoms with van der Waals surface area (Å²) in [7, 11) is 0. The monoisotopic (exact) mass is 931 g/mol. The molecule has 8 aliphatic rings. The molecule has 0 aromatic heterocycles. The number of anilines is 3. The van der Waals surface area contributed by atoms with Crippen molar-refractivity contribution in [2.24, 2.45) is 35.5 Å². The van der Waals surface area contributed by atoms with Crippen molar-refractivity contribution in [1.82, 2.24) is 0 Å². The zero-order valence-electron chi connectivity index (χ0n) is 35.9. The molecular formula is C46H42N3NaO17. The van der Waals surface area contributed by atoms with Crippen LogP contribution in [-0.2, 0) is 57.3 Å². The smallest absolute Gasteiger partial charge is 0.550 e. The third-order valence-electron chi connectivity index (χ3n) is 11.4. The maximum atomic E-state index is 12.6. The number of fused-ring (bicyclic) bond motifs is 12. The van der Waals surface area contributed by atoms with Gasteiger partial charge in [-0.2, -0.15) is 0 Å². The first-order valence-electron chi connectivity index (χ1n) is 20.4. The van der Waals surface area contributed by atoms with Gasteiger partial charge in [0.2, 0.25) is 17.7 Å². The Morgan fingerprint density at radius 1 is 0.627 bits per heavy atom. The van der Waals surface area contributed by atoms with Crippen molar-refractivity contribution in [2.45, 2.75) is 50.5 Å². The number of amides is 3.